The lowest BCUT2D eigenvalue weighted by molar-refractivity contribution is 0.0909. The summed E-state index contributed by atoms with van der Waals surface area (Å²) in [5, 5.41) is 8.43. The van der Waals surface area contributed by atoms with Crippen LogP contribution in [-0.4, -0.2) is 46.3 Å². The molecule has 152 valence electrons. The van der Waals surface area contributed by atoms with Crippen molar-refractivity contribution in [1.82, 2.24) is 20.0 Å². The number of benzene rings is 1. The van der Waals surface area contributed by atoms with Gasteiger partial charge in [0.15, 0.2) is 0 Å². The molecule has 3 rings (SSSR count). The first-order valence-electron chi connectivity index (χ1n) is 10.4. The Kier molecular flexibility index (Phi) is 7.13. The van der Waals surface area contributed by atoms with Crippen molar-refractivity contribution in [2.45, 2.75) is 58.4 Å². The molecule has 1 amide bonds. The molecule has 0 spiro atoms. The first kappa shape index (κ1) is 20.9. The molecular formula is C22H31ClN4O. The zero-order chi connectivity index (χ0) is 20.1. The van der Waals surface area contributed by atoms with Gasteiger partial charge in [-0.1, -0.05) is 38.8 Å². The summed E-state index contributed by atoms with van der Waals surface area (Å²) in [7, 11) is 0. The Morgan fingerprint density at radius 2 is 1.93 bits per heavy atom. The quantitative estimate of drug-likeness (QED) is 0.733. The molecular weight excluding hydrogens is 372 g/mol. The maximum absolute atomic E-state index is 13.0. The molecule has 1 N–H and O–H groups in total. The third-order valence-electron chi connectivity index (χ3n) is 5.42. The second-order valence-corrected chi connectivity index (χ2v) is 8.37. The fourth-order valence-corrected chi connectivity index (χ4v) is 3.95. The first-order chi connectivity index (χ1) is 13.5. The number of carbonyl (C=O) groups is 1. The van der Waals surface area contributed by atoms with Crippen LogP contribution in [0.5, 0.6) is 0 Å². The number of likely N-dealkylation sites (tertiary alicyclic amines) is 1. The molecule has 0 bridgehead atoms. The molecule has 6 heteroatoms. The Morgan fingerprint density at radius 1 is 1.25 bits per heavy atom. The van der Waals surface area contributed by atoms with Gasteiger partial charge in [0.2, 0.25) is 0 Å². The smallest absolute Gasteiger partial charge is 0.255 e. The number of rotatable bonds is 7. The molecule has 0 unspecified atom stereocenters. The molecule has 0 saturated carbocycles. The summed E-state index contributed by atoms with van der Waals surface area (Å²) in [6.45, 7) is 9.70. The molecule has 1 saturated heterocycles. The first-order valence-corrected chi connectivity index (χ1v) is 10.7. The number of hydrogen-bond acceptors (Lipinski definition) is 3. The molecule has 2 aromatic rings. The van der Waals surface area contributed by atoms with Gasteiger partial charge in [0, 0.05) is 24.2 Å². The highest BCUT2D eigenvalue weighted by molar-refractivity contribution is 6.30. The number of nitrogens with zero attached hydrogens (tertiary/aromatic N) is 3. The van der Waals surface area contributed by atoms with Crippen LogP contribution in [0.25, 0.3) is 5.69 Å². The van der Waals surface area contributed by atoms with E-state index in [1.807, 2.05) is 28.9 Å². The lowest BCUT2D eigenvalue weighted by Gasteiger charge is -2.32. The summed E-state index contributed by atoms with van der Waals surface area (Å²) in [6.07, 6.45) is 6.19. The summed E-state index contributed by atoms with van der Waals surface area (Å²) < 4.78 is 1.85. The van der Waals surface area contributed by atoms with E-state index < -0.39 is 0 Å². The fourth-order valence-electron chi connectivity index (χ4n) is 3.82. The largest absolute Gasteiger partial charge is 0.349 e. The monoisotopic (exact) mass is 402 g/mol. The lowest BCUT2D eigenvalue weighted by Crippen LogP contribution is -2.45. The summed E-state index contributed by atoms with van der Waals surface area (Å²) in [5.41, 5.74) is 2.51. The van der Waals surface area contributed by atoms with Crippen molar-refractivity contribution < 1.29 is 4.79 Å². The van der Waals surface area contributed by atoms with Crippen LogP contribution in [0.1, 0.15) is 68.4 Å². The van der Waals surface area contributed by atoms with Crippen LogP contribution < -0.4 is 5.32 Å². The molecule has 1 aromatic carbocycles. The van der Waals surface area contributed by atoms with Gasteiger partial charge in [0.05, 0.1) is 23.1 Å². The molecule has 0 radical (unpaired) electrons. The van der Waals surface area contributed by atoms with Crippen LogP contribution >= 0.6 is 11.6 Å². The van der Waals surface area contributed by atoms with Crippen molar-refractivity contribution in [2.75, 3.05) is 19.6 Å². The highest BCUT2D eigenvalue weighted by Gasteiger charge is 2.25. The van der Waals surface area contributed by atoms with E-state index in [1.54, 1.807) is 6.20 Å². The summed E-state index contributed by atoms with van der Waals surface area (Å²) in [5.74, 6) is 0.158. The Bertz CT molecular complexity index is 776. The van der Waals surface area contributed by atoms with Crippen molar-refractivity contribution in [3.05, 3.63) is 46.7 Å². The van der Waals surface area contributed by atoms with E-state index in [9.17, 15) is 4.79 Å². The predicted octanol–water partition coefficient (Wildman–Crippen LogP) is 4.64. The highest BCUT2D eigenvalue weighted by atomic mass is 35.5. The molecule has 1 fully saturated rings. The molecule has 1 aromatic heterocycles. The number of piperidine rings is 1. The van der Waals surface area contributed by atoms with Crippen LogP contribution in [0.4, 0.5) is 0 Å². The van der Waals surface area contributed by atoms with E-state index in [0.29, 0.717) is 10.6 Å². The number of amides is 1. The number of carbonyl (C=O) groups excluding carboxylic acids is 1. The van der Waals surface area contributed by atoms with Crippen molar-refractivity contribution in [3.8, 4) is 5.69 Å². The van der Waals surface area contributed by atoms with Gasteiger partial charge in [0.1, 0.15) is 0 Å². The van der Waals surface area contributed by atoms with Crippen LogP contribution in [0, 0.1) is 0 Å². The van der Waals surface area contributed by atoms with E-state index in [0.717, 1.165) is 37.3 Å². The van der Waals surface area contributed by atoms with Gasteiger partial charge < -0.3 is 10.2 Å². The van der Waals surface area contributed by atoms with Gasteiger partial charge in [-0.25, -0.2) is 4.68 Å². The highest BCUT2D eigenvalue weighted by Crippen LogP contribution is 2.24. The Balaban J connectivity index is 1.70. The Hall–Kier alpha value is -1.85. The lowest BCUT2D eigenvalue weighted by atomic mass is 10.0. The molecule has 1 aliphatic rings. The van der Waals surface area contributed by atoms with Crippen molar-refractivity contribution in [2.24, 2.45) is 0 Å². The van der Waals surface area contributed by atoms with E-state index >= 15 is 0 Å². The average molecular weight is 403 g/mol. The minimum atomic E-state index is -0.0177. The third-order valence-corrected chi connectivity index (χ3v) is 5.67. The molecule has 1 aliphatic heterocycles. The number of hydrogen-bond donors (Lipinski definition) is 1. The van der Waals surface area contributed by atoms with Crippen LogP contribution in [0.15, 0.2) is 30.5 Å². The molecule has 2 heterocycles. The normalized spacial score (nSPS) is 15.9. The van der Waals surface area contributed by atoms with Gasteiger partial charge in [-0.2, -0.15) is 5.10 Å². The third kappa shape index (κ3) is 4.95. The fraction of sp³-hybridized carbons (Fsp3) is 0.545. The summed E-state index contributed by atoms with van der Waals surface area (Å²) >= 11 is 6.01. The number of nitrogens with one attached hydrogen (secondary N) is 1. The van der Waals surface area contributed by atoms with Crippen molar-refractivity contribution in [3.63, 3.8) is 0 Å². The zero-order valence-corrected chi connectivity index (χ0v) is 17.9. The zero-order valence-electron chi connectivity index (χ0n) is 17.1. The predicted molar refractivity (Wildman–Crippen MR) is 114 cm³/mol. The minimum Gasteiger partial charge on any atom is -0.349 e. The van der Waals surface area contributed by atoms with E-state index in [1.165, 1.54) is 19.4 Å². The van der Waals surface area contributed by atoms with E-state index in [4.69, 9.17) is 11.6 Å². The van der Waals surface area contributed by atoms with Crippen molar-refractivity contribution in [1.29, 1.82) is 0 Å². The maximum Gasteiger partial charge on any atom is 0.255 e. The second-order valence-electron chi connectivity index (χ2n) is 7.93. The molecule has 0 atom stereocenters. The van der Waals surface area contributed by atoms with Crippen LogP contribution in [0.2, 0.25) is 5.02 Å². The molecule has 0 aliphatic carbocycles. The Labute approximate surface area is 173 Å². The number of aromatic nitrogens is 2. The van der Waals surface area contributed by atoms with Crippen LogP contribution in [0.3, 0.4) is 0 Å². The molecule has 28 heavy (non-hydrogen) atoms. The van der Waals surface area contributed by atoms with Gasteiger partial charge in [-0.05, 0) is 56.0 Å². The molecule has 5 nitrogen and oxygen atoms in total. The number of halogens is 1. The van der Waals surface area contributed by atoms with Crippen LogP contribution in [-0.2, 0) is 0 Å². The average Bonchev–Trinajstić information content (AvgIpc) is 3.13. The van der Waals surface area contributed by atoms with E-state index in [-0.39, 0.29) is 17.9 Å². The summed E-state index contributed by atoms with van der Waals surface area (Å²) in [4.78, 5) is 15.5. The summed E-state index contributed by atoms with van der Waals surface area (Å²) in [6, 6.07) is 7.78. The van der Waals surface area contributed by atoms with Gasteiger partial charge in [-0.3, -0.25) is 4.79 Å². The maximum atomic E-state index is 13.0. The number of unbranched alkanes of at least 4 members (excludes halogenated alkanes) is 1. The second kappa shape index (κ2) is 9.57. The van der Waals surface area contributed by atoms with Gasteiger partial charge >= 0.3 is 0 Å². The van der Waals surface area contributed by atoms with Crippen molar-refractivity contribution >= 4 is 17.5 Å². The van der Waals surface area contributed by atoms with E-state index in [2.05, 4.69) is 36.1 Å². The van der Waals surface area contributed by atoms with Gasteiger partial charge in [-0.15, -0.1) is 0 Å². The Morgan fingerprint density at radius 3 is 2.54 bits per heavy atom. The minimum absolute atomic E-state index is 0.0177. The topological polar surface area (TPSA) is 50.2 Å². The standard InChI is InChI=1S/C22H31ClN4O/c1-4-5-12-26-13-10-18(11-14-26)25-22(28)20-15-24-27(21(20)16(2)3)19-8-6-17(23)7-9-19/h6-9,15-16,18H,4-5,10-14H2,1-3H3,(H,25,28). The van der Waals surface area contributed by atoms with Gasteiger partial charge in [0.25, 0.3) is 5.91 Å². The SMILES string of the molecule is CCCCN1CCC(NC(=O)c2cnn(-c3ccc(Cl)cc3)c2C(C)C)CC1.